The Labute approximate surface area is 115 Å². The van der Waals surface area contributed by atoms with Crippen LogP contribution in [0.15, 0.2) is 0 Å². The third kappa shape index (κ3) is 2.13. The molecule has 2 aromatic heterocycles. The van der Waals surface area contributed by atoms with Crippen molar-refractivity contribution in [2.24, 2.45) is 0 Å². The van der Waals surface area contributed by atoms with E-state index in [1.165, 1.54) is 9.26 Å². The van der Waals surface area contributed by atoms with Crippen LogP contribution >= 0.6 is 0 Å². The second-order valence-electron chi connectivity index (χ2n) is 4.16. The van der Waals surface area contributed by atoms with E-state index in [-0.39, 0.29) is 24.6 Å². The number of aryl methyl sites for hydroxylation is 2. The molecule has 0 bridgehead atoms. The zero-order valence-corrected chi connectivity index (χ0v) is 11.9. The molecule has 0 atom stereocenters. The van der Waals surface area contributed by atoms with E-state index in [0.717, 1.165) is 0 Å². The van der Waals surface area contributed by atoms with Gasteiger partial charge in [-0.05, 0) is 25.4 Å². The fraction of sp³-hybridized carbons (Fsp3) is 0.500. The molecular formula is C12H17N4O4+. The van der Waals surface area contributed by atoms with E-state index in [0.29, 0.717) is 11.4 Å². The van der Waals surface area contributed by atoms with Crippen molar-refractivity contribution in [3.05, 3.63) is 22.8 Å². The summed E-state index contributed by atoms with van der Waals surface area (Å²) in [7, 11) is 0. The van der Waals surface area contributed by atoms with E-state index < -0.39 is 11.9 Å². The summed E-state index contributed by atoms with van der Waals surface area (Å²) in [5.41, 5.74) is 1.53. The standard InChI is InChI=1S/C12H16N4O4/c1-5-19-11(17)9-7(3)13-16-10(12(18)20-6-2)8(4)14-15(9)16/h5-6H2,1-4H3/p+1. The average molecular weight is 281 g/mol. The van der Waals surface area contributed by atoms with Gasteiger partial charge in [-0.1, -0.05) is 0 Å². The summed E-state index contributed by atoms with van der Waals surface area (Å²) in [6.45, 7) is 7.36. The first kappa shape index (κ1) is 14.0. The van der Waals surface area contributed by atoms with Crippen LogP contribution in [0.25, 0.3) is 0 Å². The Bertz CT molecular complexity index is 613. The van der Waals surface area contributed by atoms with Crippen LogP contribution in [0, 0.1) is 13.8 Å². The van der Waals surface area contributed by atoms with Crippen LogP contribution in [0.2, 0.25) is 0 Å². The molecule has 0 radical (unpaired) electrons. The molecule has 2 rings (SSSR count). The summed E-state index contributed by atoms with van der Waals surface area (Å²) in [5.74, 6) is -0.997. The predicted octanol–water partition coefficient (Wildman–Crippen LogP) is 0.218. The number of esters is 2. The molecule has 0 saturated carbocycles. The zero-order valence-electron chi connectivity index (χ0n) is 11.9. The molecule has 0 aliphatic carbocycles. The highest BCUT2D eigenvalue weighted by molar-refractivity contribution is 5.89. The van der Waals surface area contributed by atoms with E-state index in [1.807, 2.05) is 0 Å². The second-order valence-corrected chi connectivity index (χ2v) is 4.16. The van der Waals surface area contributed by atoms with E-state index in [1.54, 1.807) is 27.7 Å². The fourth-order valence-corrected chi connectivity index (χ4v) is 1.97. The van der Waals surface area contributed by atoms with Gasteiger partial charge in [0.25, 0.3) is 0 Å². The highest BCUT2D eigenvalue weighted by atomic mass is 16.5. The molecule has 2 aromatic rings. The molecule has 20 heavy (non-hydrogen) atoms. The van der Waals surface area contributed by atoms with Crippen molar-refractivity contribution in [1.29, 1.82) is 0 Å². The van der Waals surface area contributed by atoms with E-state index >= 15 is 0 Å². The van der Waals surface area contributed by atoms with Gasteiger partial charge in [0, 0.05) is 11.6 Å². The lowest BCUT2D eigenvalue weighted by Gasteiger charge is -1.96. The van der Waals surface area contributed by atoms with Gasteiger partial charge in [0.1, 0.15) is 0 Å². The highest BCUT2D eigenvalue weighted by Gasteiger charge is 2.33. The molecule has 8 heteroatoms. The minimum absolute atomic E-state index is 0.255. The molecule has 0 saturated heterocycles. The zero-order chi connectivity index (χ0) is 14.9. The number of carbonyl (C=O) groups excluding carboxylic acids is 2. The molecule has 0 aromatic carbocycles. The number of hydrogen-bond acceptors (Lipinski definition) is 5. The van der Waals surface area contributed by atoms with Crippen molar-refractivity contribution in [3.8, 4) is 0 Å². The normalized spacial score (nSPS) is 10.8. The van der Waals surface area contributed by atoms with Crippen LogP contribution < -0.4 is 4.63 Å². The molecule has 0 aliphatic rings. The Morgan fingerprint density at radius 3 is 2.40 bits per heavy atom. The smallest absolute Gasteiger partial charge is 0.387 e. The molecular weight excluding hydrogens is 264 g/mol. The average Bonchev–Trinajstić information content (AvgIpc) is 2.82. The minimum atomic E-state index is -0.498. The van der Waals surface area contributed by atoms with Gasteiger partial charge in [0.2, 0.25) is 11.4 Å². The molecule has 108 valence electrons. The SMILES string of the molecule is CCOC(=O)c1c(C)[nH][n+]2c(C(=O)OCC)c(C)nn12. The van der Waals surface area contributed by atoms with Gasteiger partial charge in [0.15, 0.2) is 0 Å². The van der Waals surface area contributed by atoms with Crippen molar-refractivity contribution in [3.63, 3.8) is 0 Å². The molecule has 0 unspecified atom stereocenters. The van der Waals surface area contributed by atoms with Crippen LogP contribution in [0.4, 0.5) is 0 Å². The van der Waals surface area contributed by atoms with Crippen molar-refractivity contribution >= 4 is 11.9 Å². The fourth-order valence-electron chi connectivity index (χ4n) is 1.97. The number of aromatic amines is 1. The van der Waals surface area contributed by atoms with Crippen LogP contribution in [0.5, 0.6) is 0 Å². The summed E-state index contributed by atoms with van der Waals surface area (Å²) in [6.07, 6.45) is 0. The Balaban J connectivity index is 2.59. The van der Waals surface area contributed by atoms with Gasteiger partial charge in [-0.2, -0.15) is 0 Å². The first-order valence-corrected chi connectivity index (χ1v) is 6.35. The van der Waals surface area contributed by atoms with Crippen LogP contribution in [0.1, 0.15) is 46.2 Å². The van der Waals surface area contributed by atoms with Crippen molar-refractivity contribution < 1.29 is 23.7 Å². The van der Waals surface area contributed by atoms with Crippen LogP contribution in [-0.2, 0) is 9.47 Å². The van der Waals surface area contributed by atoms with Gasteiger partial charge in [-0.15, -0.1) is 0 Å². The topological polar surface area (TPSA) is 89.8 Å². The highest BCUT2D eigenvalue weighted by Crippen LogP contribution is 2.08. The van der Waals surface area contributed by atoms with E-state index in [9.17, 15) is 9.59 Å². The summed E-state index contributed by atoms with van der Waals surface area (Å²) < 4.78 is 12.7. The monoisotopic (exact) mass is 281 g/mol. The maximum absolute atomic E-state index is 11.9. The maximum Gasteiger partial charge on any atom is 0.387 e. The van der Waals surface area contributed by atoms with Crippen molar-refractivity contribution in [1.82, 2.24) is 14.8 Å². The number of ether oxygens (including phenoxy) is 2. The number of fused-ring (bicyclic) bond motifs is 1. The first-order chi connectivity index (χ1) is 9.51. The number of carbonyl (C=O) groups is 2. The molecule has 0 amide bonds. The Hall–Kier alpha value is -2.38. The molecule has 0 aliphatic heterocycles. The van der Waals surface area contributed by atoms with Gasteiger partial charge < -0.3 is 9.47 Å². The Morgan fingerprint density at radius 2 is 1.80 bits per heavy atom. The summed E-state index contributed by atoms with van der Waals surface area (Å²) in [4.78, 5) is 23.8. The number of aromatic nitrogens is 4. The van der Waals surface area contributed by atoms with Gasteiger partial charge >= 0.3 is 17.6 Å². The predicted molar refractivity (Wildman–Crippen MR) is 66.6 cm³/mol. The minimum Gasteiger partial charge on any atom is -0.461 e. The molecule has 0 fully saturated rings. The van der Waals surface area contributed by atoms with Gasteiger partial charge in [-0.25, -0.2) is 14.7 Å². The summed E-state index contributed by atoms with van der Waals surface area (Å²) >= 11 is 0. The lowest BCUT2D eigenvalue weighted by Crippen LogP contribution is -2.36. The number of nitrogens with one attached hydrogen (secondary N) is 1. The molecule has 8 nitrogen and oxygen atoms in total. The molecule has 2 heterocycles. The lowest BCUT2D eigenvalue weighted by molar-refractivity contribution is -0.679. The van der Waals surface area contributed by atoms with Gasteiger partial charge in [0.05, 0.1) is 24.0 Å². The lowest BCUT2D eigenvalue weighted by atomic mass is 10.3. The van der Waals surface area contributed by atoms with Crippen LogP contribution in [0.3, 0.4) is 0 Å². The number of hydrogen-bond donors (Lipinski definition) is 1. The summed E-state index contributed by atoms with van der Waals surface area (Å²) in [6, 6.07) is 0. The van der Waals surface area contributed by atoms with Crippen molar-refractivity contribution in [2.45, 2.75) is 27.7 Å². The number of rotatable bonds is 4. The Morgan fingerprint density at radius 1 is 1.20 bits per heavy atom. The Kier molecular flexibility index (Phi) is 3.73. The molecule has 0 spiro atoms. The third-order valence-electron chi connectivity index (χ3n) is 2.76. The van der Waals surface area contributed by atoms with E-state index in [2.05, 4.69) is 10.2 Å². The van der Waals surface area contributed by atoms with Crippen molar-refractivity contribution in [2.75, 3.05) is 13.2 Å². The number of H-pyrrole nitrogens is 1. The third-order valence-corrected chi connectivity index (χ3v) is 2.76. The maximum atomic E-state index is 11.9. The molecule has 1 N–H and O–H groups in total. The quantitative estimate of drug-likeness (QED) is 0.639. The largest absolute Gasteiger partial charge is 0.461 e. The summed E-state index contributed by atoms with van der Waals surface area (Å²) in [5, 5.41) is 7.10. The number of nitrogens with zero attached hydrogens (tertiary/aromatic N) is 3. The first-order valence-electron chi connectivity index (χ1n) is 6.35. The second kappa shape index (κ2) is 5.32. The van der Waals surface area contributed by atoms with E-state index in [4.69, 9.17) is 9.47 Å². The van der Waals surface area contributed by atoms with Gasteiger partial charge in [-0.3, -0.25) is 0 Å². The van der Waals surface area contributed by atoms with Crippen LogP contribution in [-0.4, -0.2) is 40.0 Å².